The van der Waals surface area contributed by atoms with Gasteiger partial charge in [0, 0.05) is 11.3 Å². The second-order valence-electron chi connectivity index (χ2n) is 5.33. The fourth-order valence-electron chi connectivity index (χ4n) is 2.10. The quantitative estimate of drug-likeness (QED) is 0.596. The van der Waals surface area contributed by atoms with Gasteiger partial charge in [0.25, 0.3) is 5.91 Å². The molecule has 1 amide bonds. The number of hydrogen-bond donors (Lipinski definition) is 2. The molecule has 0 saturated carbocycles. The first-order valence-corrected chi connectivity index (χ1v) is 8.16. The van der Waals surface area contributed by atoms with Gasteiger partial charge < -0.3 is 10.6 Å². The molecule has 0 radical (unpaired) electrons. The Labute approximate surface area is 150 Å². The first-order chi connectivity index (χ1) is 10.8. The summed E-state index contributed by atoms with van der Waals surface area (Å²) in [6.07, 6.45) is -0.873. The van der Waals surface area contributed by atoms with E-state index in [-0.39, 0.29) is 5.91 Å². The van der Waals surface area contributed by atoms with Crippen LogP contribution in [0.15, 0.2) is 48.5 Å². The molecule has 23 heavy (non-hydrogen) atoms. The lowest BCUT2D eigenvalue weighted by Crippen LogP contribution is -2.49. The van der Waals surface area contributed by atoms with E-state index in [4.69, 9.17) is 34.8 Å². The maximum atomic E-state index is 12.4. The number of halogens is 3. The van der Waals surface area contributed by atoms with Crippen molar-refractivity contribution in [2.75, 3.05) is 5.32 Å². The summed E-state index contributed by atoms with van der Waals surface area (Å²) in [5.41, 5.74) is 3.30. The monoisotopic (exact) mass is 370 g/mol. The van der Waals surface area contributed by atoms with Crippen LogP contribution in [0.3, 0.4) is 0 Å². The average Bonchev–Trinajstić information content (AvgIpc) is 2.45. The lowest BCUT2D eigenvalue weighted by molar-refractivity contribution is 0.0942. The van der Waals surface area contributed by atoms with Crippen LogP contribution in [0.5, 0.6) is 0 Å². The standard InChI is InChI=1S/C17H17Cl3N2O/c1-11-5-3-7-13(9-11)15(23)22-16(17(18,19)20)21-14-8-4-6-12(2)10-14/h3-10,16,21H,1-2H3,(H,22,23)/t16-/m1/s1. The molecule has 0 fully saturated rings. The third kappa shape index (κ3) is 5.31. The van der Waals surface area contributed by atoms with E-state index >= 15 is 0 Å². The third-order valence-electron chi connectivity index (χ3n) is 3.21. The Kier molecular flexibility index (Phi) is 5.79. The molecule has 0 aliphatic rings. The molecule has 0 aromatic heterocycles. The summed E-state index contributed by atoms with van der Waals surface area (Å²) in [6, 6.07) is 14.8. The van der Waals surface area contributed by atoms with Gasteiger partial charge in [-0.15, -0.1) is 0 Å². The molecule has 0 saturated heterocycles. The second-order valence-corrected chi connectivity index (χ2v) is 7.70. The number of hydrogen-bond acceptors (Lipinski definition) is 2. The molecule has 0 aliphatic heterocycles. The Morgan fingerprint density at radius 2 is 1.61 bits per heavy atom. The van der Waals surface area contributed by atoms with E-state index in [0.29, 0.717) is 5.56 Å². The Hall–Kier alpha value is -1.42. The van der Waals surface area contributed by atoms with Gasteiger partial charge in [0.05, 0.1) is 0 Å². The second kappa shape index (κ2) is 7.43. The van der Waals surface area contributed by atoms with Crippen LogP contribution in [0.1, 0.15) is 21.5 Å². The first-order valence-electron chi connectivity index (χ1n) is 7.03. The van der Waals surface area contributed by atoms with E-state index in [1.54, 1.807) is 12.1 Å². The largest absolute Gasteiger partial charge is 0.362 e. The van der Waals surface area contributed by atoms with Crippen molar-refractivity contribution in [3.05, 3.63) is 65.2 Å². The van der Waals surface area contributed by atoms with Gasteiger partial charge in [0.15, 0.2) is 0 Å². The number of amides is 1. The van der Waals surface area contributed by atoms with E-state index in [2.05, 4.69) is 10.6 Å². The fraction of sp³-hybridized carbons (Fsp3) is 0.235. The highest BCUT2D eigenvalue weighted by molar-refractivity contribution is 6.68. The molecular formula is C17H17Cl3N2O. The van der Waals surface area contributed by atoms with Gasteiger partial charge in [0.1, 0.15) is 6.17 Å². The van der Waals surface area contributed by atoms with Crippen LogP contribution in [0, 0.1) is 13.8 Å². The van der Waals surface area contributed by atoms with E-state index in [9.17, 15) is 4.79 Å². The van der Waals surface area contributed by atoms with Gasteiger partial charge in [-0.3, -0.25) is 4.79 Å². The summed E-state index contributed by atoms with van der Waals surface area (Å²) in [4.78, 5) is 12.4. The van der Waals surface area contributed by atoms with Crippen molar-refractivity contribution in [3.8, 4) is 0 Å². The highest BCUT2D eigenvalue weighted by atomic mass is 35.6. The Morgan fingerprint density at radius 3 is 2.17 bits per heavy atom. The predicted molar refractivity (Wildman–Crippen MR) is 97.5 cm³/mol. The SMILES string of the molecule is Cc1cccc(N[C@H](NC(=O)c2cccc(C)c2)C(Cl)(Cl)Cl)c1. The highest BCUT2D eigenvalue weighted by Crippen LogP contribution is 2.31. The molecule has 0 spiro atoms. The molecule has 0 bridgehead atoms. The summed E-state index contributed by atoms with van der Waals surface area (Å²) in [5.74, 6) is -0.315. The number of anilines is 1. The van der Waals surface area contributed by atoms with Crippen LogP contribution in [0.25, 0.3) is 0 Å². The smallest absolute Gasteiger partial charge is 0.252 e. The van der Waals surface area contributed by atoms with Crippen LogP contribution in [-0.2, 0) is 0 Å². The Balaban J connectivity index is 2.18. The average molecular weight is 372 g/mol. The fourth-order valence-corrected chi connectivity index (χ4v) is 2.43. The van der Waals surface area contributed by atoms with Crippen molar-refractivity contribution < 1.29 is 4.79 Å². The number of aryl methyl sites for hydroxylation is 2. The van der Waals surface area contributed by atoms with Gasteiger partial charge in [-0.1, -0.05) is 64.6 Å². The van der Waals surface area contributed by atoms with Crippen LogP contribution in [0.4, 0.5) is 5.69 Å². The Morgan fingerprint density at radius 1 is 1.00 bits per heavy atom. The first kappa shape index (κ1) is 17.9. The normalized spacial score (nSPS) is 12.6. The zero-order valence-corrected chi connectivity index (χ0v) is 15.0. The van der Waals surface area contributed by atoms with Crippen molar-refractivity contribution in [2.45, 2.75) is 23.8 Å². The molecule has 3 nitrogen and oxygen atoms in total. The maximum Gasteiger partial charge on any atom is 0.252 e. The molecule has 1 atom stereocenters. The number of carbonyl (C=O) groups excluding carboxylic acids is 1. The van der Waals surface area contributed by atoms with Gasteiger partial charge in [-0.2, -0.15) is 0 Å². The minimum absolute atomic E-state index is 0.315. The molecule has 2 aromatic carbocycles. The maximum absolute atomic E-state index is 12.4. The summed E-state index contributed by atoms with van der Waals surface area (Å²) in [7, 11) is 0. The van der Waals surface area contributed by atoms with Crippen molar-refractivity contribution in [1.29, 1.82) is 0 Å². The zero-order valence-electron chi connectivity index (χ0n) is 12.7. The predicted octanol–water partition coefficient (Wildman–Crippen LogP) is 4.84. The summed E-state index contributed by atoms with van der Waals surface area (Å²) in [5, 5.41) is 5.77. The lowest BCUT2D eigenvalue weighted by Gasteiger charge is -2.27. The Bertz CT molecular complexity index is 698. The van der Waals surface area contributed by atoms with E-state index in [1.165, 1.54) is 0 Å². The van der Waals surface area contributed by atoms with E-state index in [1.807, 2.05) is 50.2 Å². The summed E-state index contributed by atoms with van der Waals surface area (Å²) >= 11 is 18.0. The van der Waals surface area contributed by atoms with Crippen LogP contribution in [-0.4, -0.2) is 15.9 Å². The topological polar surface area (TPSA) is 41.1 Å². The summed E-state index contributed by atoms with van der Waals surface area (Å²) in [6.45, 7) is 3.87. The number of nitrogens with one attached hydrogen (secondary N) is 2. The molecule has 0 unspecified atom stereocenters. The van der Waals surface area contributed by atoms with Gasteiger partial charge in [-0.05, 0) is 43.7 Å². The number of carbonyl (C=O) groups is 1. The van der Waals surface area contributed by atoms with Gasteiger partial charge >= 0.3 is 0 Å². The van der Waals surface area contributed by atoms with Crippen molar-refractivity contribution in [2.24, 2.45) is 0 Å². The molecule has 0 aliphatic carbocycles. The molecule has 2 rings (SSSR count). The molecule has 2 aromatic rings. The molecular weight excluding hydrogens is 355 g/mol. The molecule has 6 heteroatoms. The number of benzene rings is 2. The van der Waals surface area contributed by atoms with Gasteiger partial charge in [-0.25, -0.2) is 0 Å². The number of alkyl halides is 3. The van der Waals surface area contributed by atoms with Crippen LogP contribution >= 0.6 is 34.8 Å². The minimum atomic E-state index is -1.71. The van der Waals surface area contributed by atoms with Gasteiger partial charge in [0.2, 0.25) is 3.79 Å². The lowest BCUT2D eigenvalue weighted by atomic mass is 10.1. The van der Waals surface area contributed by atoms with Crippen LogP contribution in [0.2, 0.25) is 0 Å². The van der Waals surface area contributed by atoms with Crippen molar-refractivity contribution in [3.63, 3.8) is 0 Å². The molecule has 122 valence electrons. The third-order valence-corrected chi connectivity index (χ3v) is 3.87. The summed E-state index contributed by atoms with van der Waals surface area (Å²) < 4.78 is -1.71. The van der Waals surface area contributed by atoms with Crippen molar-refractivity contribution >= 4 is 46.4 Å². The molecule has 0 heterocycles. The minimum Gasteiger partial charge on any atom is -0.362 e. The van der Waals surface area contributed by atoms with E-state index < -0.39 is 9.96 Å². The number of rotatable bonds is 4. The van der Waals surface area contributed by atoms with E-state index in [0.717, 1.165) is 16.8 Å². The molecule has 2 N–H and O–H groups in total. The van der Waals surface area contributed by atoms with Crippen molar-refractivity contribution in [1.82, 2.24) is 5.32 Å². The highest BCUT2D eigenvalue weighted by Gasteiger charge is 2.34. The zero-order chi connectivity index (χ0) is 17.0. The van der Waals surface area contributed by atoms with Crippen LogP contribution < -0.4 is 10.6 Å².